The summed E-state index contributed by atoms with van der Waals surface area (Å²) >= 11 is 5.99. The third kappa shape index (κ3) is 1.54. The van der Waals surface area contributed by atoms with Crippen LogP contribution in [-0.2, 0) is 6.42 Å². The number of imidazole rings is 1. The Morgan fingerprint density at radius 3 is 3.00 bits per heavy atom. The highest BCUT2D eigenvalue weighted by Gasteiger charge is 2.01. The minimum absolute atomic E-state index is 0.715. The van der Waals surface area contributed by atoms with Gasteiger partial charge in [-0.2, -0.15) is 0 Å². The van der Waals surface area contributed by atoms with Gasteiger partial charge in [-0.05, 0) is 18.6 Å². The summed E-state index contributed by atoms with van der Waals surface area (Å²) in [6.07, 6.45) is 4.13. The van der Waals surface area contributed by atoms with E-state index in [0.717, 1.165) is 24.2 Å². The first-order valence-corrected chi connectivity index (χ1v) is 4.81. The number of hydrogen-bond donors (Lipinski definition) is 0. The Bertz CT molecular complexity index is 420. The molecule has 0 radical (unpaired) electrons. The van der Waals surface area contributed by atoms with Crippen LogP contribution in [0.4, 0.5) is 0 Å². The summed E-state index contributed by atoms with van der Waals surface area (Å²) in [5.41, 5.74) is 2.03. The van der Waals surface area contributed by atoms with Crippen LogP contribution in [0.2, 0.25) is 5.15 Å². The standard InChI is InChI=1S/C10H11ClN2/c1-2-4-8-7-13-9(11)5-3-6-10(13)12-8/h3,5-7H,2,4H2,1H3. The van der Waals surface area contributed by atoms with E-state index in [1.54, 1.807) is 0 Å². The molecule has 0 saturated heterocycles. The molecular formula is C10H11ClN2. The van der Waals surface area contributed by atoms with E-state index in [-0.39, 0.29) is 0 Å². The van der Waals surface area contributed by atoms with E-state index in [0.29, 0.717) is 5.15 Å². The first kappa shape index (κ1) is 8.57. The maximum absolute atomic E-state index is 5.99. The molecule has 3 heteroatoms. The molecule has 0 unspecified atom stereocenters. The van der Waals surface area contributed by atoms with Gasteiger partial charge in [0.05, 0.1) is 5.69 Å². The second kappa shape index (κ2) is 3.38. The van der Waals surface area contributed by atoms with E-state index in [4.69, 9.17) is 11.6 Å². The van der Waals surface area contributed by atoms with Crippen molar-refractivity contribution in [3.8, 4) is 0 Å². The molecule has 68 valence electrons. The van der Waals surface area contributed by atoms with E-state index >= 15 is 0 Å². The average Bonchev–Trinajstić information content (AvgIpc) is 2.49. The molecule has 2 aromatic rings. The van der Waals surface area contributed by atoms with Crippen molar-refractivity contribution < 1.29 is 0 Å². The summed E-state index contributed by atoms with van der Waals surface area (Å²) in [5, 5.41) is 0.715. The first-order chi connectivity index (χ1) is 6.31. The summed E-state index contributed by atoms with van der Waals surface area (Å²) in [5.74, 6) is 0. The SMILES string of the molecule is CCCc1cn2c(Cl)cccc2n1. The van der Waals surface area contributed by atoms with Crippen molar-refractivity contribution in [2.24, 2.45) is 0 Å². The first-order valence-electron chi connectivity index (χ1n) is 4.43. The Balaban J connectivity index is 2.55. The number of halogens is 1. The van der Waals surface area contributed by atoms with Crippen molar-refractivity contribution in [2.45, 2.75) is 19.8 Å². The Morgan fingerprint density at radius 1 is 1.46 bits per heavy atom. The van der Waals surface area contributed by atoms with E-state index in [9.17, 15) is 0 Å². The predicted molar refractivity (Wildman–Crippen MR) is 54.2 cm³/mol. The van der Waals surface area contributed by atoms with Crippen molar-refractivity contribution in [2.75, 3.05) is 0 Å². The quantitative estimate of drug-likeness (QED) is 0.672. The molecule has 0 aliphatic heterocycles. The number of fused-ring (bicyclic) bond motifs is 1. The molecule has 0 aliphatic carbocycles. The average molecular weight is 195 g/mol. The minimum Gasteiger partial charge on any atom is -0.290 e. The van der Waals surface area contributed by atoms with Gasteiger partial charge in [-0.3, -0.25) is 4.40 Å². The Kier molecular flexibility index (Phi) is 2.23. The number of rotatable bonds is 2. The number of aryl methyl sites for hydroxylation is 1. The molecule has 0 fully saturated rings. The summed E-state index contributed by atoms with van der Waals surface area (Å²) < 4.78 is 1.91. The Hall–Kier alpha value is -1.02. The van der Waals surface area contributed by atoms with Crippen LogP contribution in [0.25, 0.3) is 5.65 Å². The smallest absolute Gasteiger partial charge is 0.138 e. The lowest BCUT2D eigenvalue weighted by atomic mass is 10.3. The van der Waals surface area contributed by atoms with Gasteiger partial charge < -0.3 is 0 Å². The van der Waals surface area contributed by atoms with Gasteiger partial charge in [0, 0.05) is 6.20 Å². The van der Waals surface area contributed by atoms with Crippen molar-refractivity contribution in [3.05, 3.63) is 35.2 Å². The number of hydrogen-bond acceptors (Lipinski definition) is 1. The number of aromatic nitrogens is 2. The van der Waals surface area contributed by atoms with Crippen LogP contribution in [0.3, 0.4) is 0 Å². The van der Waals surface area contributed by atoms with Gasteiger partial charge in [-0.1, -0.05) is 31.0 Å². The Morgan fingerprint density at radius 2 is 2.31 bits per heavy atom. The highest BCUT2D eigenvalue weighted by Crippen LogP contribution is 2.13. The normalized spacial score (nSPS) is 10.9. The zero-order valence-corrected chi connectivity index (χ0v) is 8.25. The summed E-state index contributed by atoms with van der Waals surface area (Å²) in [6.45, 7) is 2.14. The topological polar surface area (TPSA) is 17.3 Å². The van der Waals surface area contributed by atoms with Crippen molar-refractivity contribution in [1.29, 1.82) is 0 Å². The van der Waals surface area contributed by atoms with Gasteiger partial charge in [-0.25, -0.2) is 4.98 Å². The zero-order valence-electron chi connectivity index (χ0n) is 7.50. The maximum Gasteiger partial charge on any atom is 0.138 e. The van der Waals surface area contributed by atoms with Gasteiger partial charge in [0.25, 0.3) is 0 Å². The molecule has 0 aromatic carbocycles. The molecule has 0 aliphatic rings. The highest BCUT2D eigenvalue weighted by atomic mass is 35.5. The van der Waals surface area contributed by atoms with E-state index in [1.165, 1.54) is 0 Å². The highest BCUT2D eigenvalue weighted by molar-refractivity contribution is 6.29. The van der Waals surface area contributed by atoms with Gasteiger partial charge in [-0.15, -0.1) is 0 Å². The molecule has 0 N–H and O–H groups in total. The molecule has 13 heavy (non-hydrogen) atoms. The van der Waals surface area contributed by atoms with Gasteiger partial charge in [0.2, 0.25) is 0 Å². The lowest BCUT2D eigenvalue weighted by molar-refractivity contribution is 0.894. The monoisotopic (exact) mass is 194 g/mol. The van der Waals surface area contributed by atoms with Crippen LogP contribution in [0.1, 0.15) is 19.0 Å². The fourth-order valence-corrected chi connectivity index (χ4v) is 1.61. The number of pyridine rings is 1. The lowest BCUT2D eigenvalue weighted by Gasteiger charge is -1.93. The predicted octanol–water partition coefficient (Wildman–Crippen LogP) is 2.94. The van der Waals surface area contributed by atoms with Crippen LogP contribution >= 0.6 is 11.6 Å². The third-order valence-electron chi connectivity index (χ3n) is 2.00. The third-order valence-corrected chi connectivity index (χ3v) is 2.31. The molecule has 2 nitrogen and oxygen atoms in total. The van der Waals surface area contributed by atoms with Crippen LogP contribution in [0.15, 0.2) is 24.4 Å². The van der Waals surface area contributed by atoms with Crippen molar-refractivity contribution in [3.63, 3.8) is 0 Å². The molecule has 0 bridgehead atoms. The largest absolute Gasteiger partial charge is 0.290 e. The molecule has 0 amide bonds. The van der Waals surface area contributed by atoms with Crippen LogP contribution in [-0.4, -0.2) is 9.38 Å². The minimum atomic E-state index is 0.715. The van der Waals surface area contributed by atoms with E-state index in [1.807, 2.05) is 28.8 Å². The Labute approximate surface area is 82.2 Å². The molecule has 2 aromatic heterocycles. The van der Waals surface area contributed by atoms with Gasteiger partial charge in [0.1, 0.15) is 10.8 Å². The fourth-order valence-electron chi connectivity index (χ4n) is 1.40. The van der Waals surface area contributed by atoms with Crippen LogP contribution < -0.4 is 0 Å². The summed E-state index contributed by atoms with van der Waals surface area (Å²) in [4.78, 5) is 4.44. The van der Waals surface area contributed by atoms with Crippen molar-refractivity contribution >= 4 is 17.2 Å². The molecule has 2 rings (SSSR count). The molecular weight excluding hydrogens is 184 g/mol. The van der Waals surface area contributed by atoms with Gasteiger partial charge >= 0.3 is 0 Å². The lowest BCUT2D eigenvalue weighted by Crippen LogP contribution is -1.82. The molecule has 0 atom stereocenters. The summed E-state index contributed by atoms with van der Waals surface area (Å²) in [7, 11) is 0. The van der Waals surface area contributed by atoms with Gasteiger partial charge in [0.15, 0.2) is 0 Å². The van der Waals surface area contributed by atoms with Crippen LogP contribution in [0, 0.1) is 0 Å². The van der Waals surface area contributed by atoms with E-state index in [2.05, 4.69) is 11.9 Å². The number of nitrogens with zero attached hydrogens (tertiary/aromatic N) is 2. The van der Waals surface area contributed by atoms with Crippen molar-refractivity contribution in [1.82, 2.24) is 9.38 Å². The summed E-state index contributed by atoms with van der Waals surface area (Å²) in [6, 6.07) is 5.75. The maximum atomic E-state index is 5.99. The molecule has 0 spiro atoms. The van der Waals surface area contributed by atoms with Crippen LogP contribution in [0.5, 0.6) is 0 Å². The second-order valence-electron chi connectivity index (χ2n) is 3.06. The fraction of sp³-hybridized carbons (Fsp3) is 0.300. The van der Waals surface area contributed by atoms with E-state index < -0.39 is 0 Å². The molecule has 2 heterocycles. The zero-order chi connectivity index (χ0) is 9.26. The molecule has 0 saturated carbocycles. The second-order valence-corrected chi connectivity index (χ2v) is 3.45.